The van der Waals surface area contributed by atoms with E-state index in [1.54, 1.807) is 0 Å². The van der Waals surface area contributed by atoms with Crippen LogP contribution in [0.5, 0.6) is 0 Å². The molecule has 0 aromatic heterocycles. The third kappa shape index (κ3) is 4.09. The minimum Gasteiger partial charge on any atom is -0.307 e. The van der Waals surface area contributed by atoms with E-state index in [0.29, 0.717) is 5.92 Å². The fraction of sp³-hybridized carbons (Fsp3) is 0.368. The number of nitrogens with one attached hydrogen (secondary N) is 1. The van der Waals surface area contributed by atoms with E-state index < -0.39 is 0 Å². The third-order valence-electron chi connectivity index (χ3n) is 4.06. The average molecular weight is 302 g/mol. The van der Waals surface area contributed by atoms with Crippen LogP contribution in [0.4, 0.5) is 0 Å². The van der Waals surface area contributed by atoms with Crippen LogP contribution >= 0.6 is 11.6 Å². The molecule has 112 valence electrons. The predicted molar refractivity (Wildman–Crippen MR) is 92.1 cm³/mol. The van der Waals surface area contributed by atoms with Crippen molar-refractivity contribution >= 4 is 11.6 Å². The summed E-state index contributed by atoms with van der Waals surface area (Å²) in [6, 6.07) is 17.3. The van der Waals surface area contributed by atoms with Gasteiger partial charge in [0.2, 0.25) is 0 Å². The van der Waals surface area contributed by atoms with E-state index in [0.717, 1.165) is 11.6 Å². The molecule has 1 nitrogen and oxygen atoms in total. The highest BCUT2D eigenvalue weighted by molar-refractivity contribution is 6.30. The minimum atomic E-state index is 0.221. The van der Waals surface area contributed by atoms with Crippen molar-refractivity contribution in [1.82, 2.24) is 5.32 Å². The first-order chi connectivity index (χ1) is 10.2. The molecule has 0 aliphatic heterocycles. The summed E-state index contributed by atoms with van der Waals surface area (Å²) in [5, 5.41) is 4.33. The van der Waals surface area contributed by atoms with Crippen molar-refractivity contribution in [3.8, 4) is 0 Å². The highest BCUT2D eigenvalue weighted by Crippen LogP contribution is 2.26. The Bertz CT molecular complexity index is 545. The van der Waals surface area contributed by atoms with Gasteiger partial charge in [0.15, 0.2) is 0 Å². The van der Waals surface area contributed by atoms with Gasteiger partial charge in [0.1, 0.15) is 0 Å². The number of hydrogen-bond donors (Lipinski definition) is 1. The SMILES string of the molecule is CCNC(c1ccc(Cl)cc1)c1ccc(C(C)CC)cc1. The van der Waals surface area contributed by atoms with Gasteiger partial charge in [-0.25, -0.2) is 0 Å². The topological polar surface area (TPSA) is 12.0 Å². The fourth-order valence-electron chi connectivity index (χ4n) is 2.54. The zero-order chi connectivity index (χ0) is 15.2. The quantitative estimate of drug-likeness (QED) is 0.737. The molecule has 21 heavy (non-hydrogen) atoms. The van der Waals surface area contributed by atoms with Gasteiger partial charge in [-0.2, -0.15) is 0 Å². The maximum atomic E-state index is 5.99. The van der Waals surface area contributed by atoms with Crippen molar-refractivity contribution in [1.29, 1.82) is 0 Å². The summed E-state index contributed by atoms with van der Waals surface area (Å²) >= 11 is 5.99. The zero-order valence-electron chi connectivity index (χ0n) is 13.1. The summed E-state index contributed by atoms with van der Waals surface area (Å²) in [6.45, 7) is 7.57. The molecular weight excluding hydrogens is 278 g/mol. The van der Waals surface area contributed by atoms with Crippen LogP contribution in [-0.2, 0) is 0 Å². The highest BCUT2D eigenvalue weighted by atomic mass is 35.5. The third-order valence-corrected chi connectivity index (χ3v) is 4.31. The van der Waals surface area contributed by atoms with E-state index in [2.05, 4.69) is 62.5 Å². The van der Waals surface area contributed by atoms with E-state index in [9.17, 15) is 0 Å². The van der Waals surface area contributed by atoms with Crippen LogP contribution in [-0.4, -0.2) is 6.54 Å². The van der Waals surface area contributed by atoms with Crippen LogP contribution < -0.4 is 5.32 Å². The molecule has 0 saturated carbocycles. The van der Waals surface area contributed by atoms with Gasteiger partial charge in [0.25, 0.3) is 0 Å². The maximum absolute atomic E-state index is 5.99. The van der Waals surface area contributed by atoms with Crippen LogP contribution in [0.2, 0.25) is 5.02 Å². The molecular formula is C19H24ClN. The van der Waals surface area contributed by atoms with Crippen LogP contribution in [0.15, 0.2) is 48.5 Å². The molecule has 0 amide bonds. The second kappa shape index (κ2) is 7.63. The fourth-order valence-corrected chi connectivity index (χ4v) is 2.67. The molecule has 2 aromatic rings. The average Bonchev–Trinajstić information content (AvgIpc) is 2.53. The summed E-state index contributed by atoms with van der Waals surface area (Å²) in [5.74, 6) is 0.618. The van der Waals surface area contributed by atoms with Crippen molar-refractivity contribution in [3.63, 3.8) is 0 Å². The smallest absolute Gasteiger partial charge is 0.0576 e. The Labute approximate surface area is 133 Å². The van der Waals surface area contributed by atoms with Crippen molar-refractivity contribution in [3.05, 3.63) is 70.2 Å². The van der Waals surface area contributed by atoms with E-state index in [4.69, 9.17) is 11.6 Å². The van der Waals surface area contributed by atoms with Crippen molar-refractivity contribution in [2.75, 3.05) is 6.54 Å². The zero-order valence-corrected chi connectivity index (χ0v) is 13.8. The number of benzene rings is 2. The molecule has 2 aromatic carbocycles. The summed E-state index contributed by atoms with van der Waals surface area (Å²) in [5.41, 5.74) is 3.95. The van der Waals surface area contributed by atoms with Gasteiger partial charge >= 0.3 is 0 Å². The Morgan fingerprint density at radius 3 is 1.81 bits per heavy atom. The first-order valence-electron chi connectivity index (χ1n) is 7.74. The van der Waals surface area contributed by atoms with Gasteiger partial charge in [0, 0.05) is 5.02 Å². The monoisotopic (exact) mass is 301 g/mol. The lowest BCUT2D eigenvalue weighted by Gasteiger charge is -2.20. The molecule has 1 N–H and O–H groups in total. The summed E-state index contributed by atoms with van der Waals surface area (Å²) in [4.78, 5) is 0. The number of rotatable bonds is 6. The van der Waals surface area contributed by atoms with Gasteiger partial charge in [-0.05, 0) is 47.7 Å². The lowest BCUT2D eigenvalue weighted by atomic mass is 9.93. The Balaban J connectivity index is 2.27. The van der Waals surface area contributed by atoms with E-state index in [1.807, 2.05) is 12.1 Å². The molecule has 2 unspecified atom stereocenters. The summed E-state index contributed by atoms with van der Waals surface area (Å²) < 4.78 is 0. The van der Waals surface area contributed by atoms with Gasteiger partial charge in [0.05, 0.1) is 6.04 Å². The lowest BCUT2D eigenvalue weighted by molar-refractivity contribution is 0.630. The Hall–Kier alpha value is -1.31. The van der Waals surface area contributed by atoms with Crippen LogP contribution in [0.25, 0.3) is 0 Å². The molecule has 0 heterocycles. The second-order valence-corrected chi connectivity index (χ2v) is 5.95. The molecule has 0 bridgehead atoms. The highest BCUT2D eigenvalue weighted by Gasteiger charge is 2.13. The normalized spacial score (nSPS) is 13.9. The van der Waals surface area contributed by atoms with E-state index in [1.165, 1.54) is 23.1 Å². The maximum Gasteiger partial charge on any atom is 0.0576 e. The molecule has 0 radical (unpaired) electrons. The van der Waals surface area contributed by atoms with Crippen LogP contribution in [0, 0.1) is 0 Å². The van der Waals surface area contributed by atoms with E-state index >= 15 is 0 Å². The molecule has 2 heteroatoms. The lowest BCUT2D eigenvalue weighted by Crippen LogP contribution is -2.21. The van der Waals surface area contributed by atoms with Crippen molar-refractivity contribution in [2.24, 2.45) is 0 Å². The van der Waals surface area contributed by atoms with E-state index in [-0.39, 0.29) is 6.04 Å². The Morgan fingerprint density at radius 1 is 0.857 bits per heavy atom. The molecule has 0 fully saturated rings. The second-order valence-electron chi connectivity index (χ2n) is 5.52. The van der Waals surface area contributed by atoms with Crippen molar-refractivity contribution in [2.45, 2.75) is 39.2 Å². The number of hydrogen-bond acceptors (Lipinski definition) is 1. The first kappa shape index (κ1) is 16.1. The predicted octanol–water partition coefficient (Wildman–Crippen LogP) is 5.55. The summed E-state index contributed by atoms with van der Waals surface area (Å²) in [6.07, 6.45) is 1.17. The largest absolute Gasteiger partial charge is 0.307 e. The van der Waals surface area contributed by atoms with Gasteiger partial charge < -0.3 is 5.32 Å². The van der Waals surface area contributed by atoms with Gasteiger partial charge in [-0.15, -0.1) is 0 Å². The molecule has 2 rings (SSSR count). The molecule has 0 aliphatic carbocycles. The minimum absolute atomic E-state index is 0.221. The molecule has 0 spiro atoms. The number of halogens is 1. The standard InChI is InChI=1S/C19H24ClN/c1-4-14(3)15-6-8-16(9-7-15)19(21-5-2)17-10-12-18(20)13-11-17/h6-14,19,21H,4-5H2,1-3H3. The Morgan fingerprint density at radius 2 is 1.33 bits per heavy atom. The van der Waals surface area contributed by atoms with Crippen LogP contribution in [0.3, 0.4) is 0 Å². The molecule has 0 saturated heterocycles. The van der Waals surface area contributed by atoms with Gasteiger partial charge in [-0.1, -0.05) is 68.8 Å². The first-order valence-corrected chi connectivity index (χ1v) is 8.12. The van der Waals surface area contributed by atoms with Gasteiger partial charge in [-0.3, -0.25) is 0 Å². The van der Waals surface area contributed by atoms with Crippen molar-refractivity contribution < 1.29 is 0 Å². The van der Waals surface area contributed by atoms with Crippen LogP contribution in [0.1, 0.15) is 55.8 Å². The molecule has 0 aliphatic rings. The molecule has 2 atom stereocenters. The summed E-state index contributed by atoms with van der Waals surface area (Å²) in [7, 11) is 0. The Kier molecular flexibility index (Phi) is 5.84.